The Hall–Kier alpha value is -0.310. The highest BCUT2D eigenvalue weighted by molar-refractivity contribution is 7.80. The molecular formula is C14H28N2S. The van der Waals surface area contributed by atoms with E-state index in [1.807, 2.05) is 0 Å². The molecule has 17 heavy (non-hydrogen) atoms. The zero-order valence-electron chi connectivity index (χ0n) is 11.4. The molecule has 0 aliphatic heterocycles. The lowest BCUT2D eigenvalue weighted by molar-refractivity contribution is 0.270. The Kier molecular flexibility index (Phi) is 7.58. The molecule has 100 valence electrons. The maximum Gasteiger partial charge on any atom is 0.166 e. The summed E-state index contributed by atoms with van der Waals surface area (Å²) in [7, 11) is 0. The number of nitrogens with one attached hydrogen (secondary N) is 2. The molecule has 1 aliphatic rings. The van der Waals surface area contributed by atoms with Gasteiger partial charge in [-0.1, -0.05) is 39.5 Å². The smallest absolute Gasteiger partial charge is 0.166 e. The van der Waals surface area contributed by atoms with Gasteiger partial charge >= 0.3 is 0 Å². The van der Waals surface area contributed by atoms with Gasteiger partial charge < -0.3 is 10.6 Å². The van der Waals surface area contributed by atoms with E-state index in [-0.39, 0.29) is 0 Å². The summed E-state index contributed by atoms with van der Waals surface area (Å²) in [5, 5.41) is 7.41. The minimum absolute atomic E-state index is 0.835. The van der Waals surface area contributed by atoms with Gasteiger partial charge in [0.15, 0.2) is 5.11 Å². The summed E-state index contributed by atoms with van der Waals surface area (Å²) in [5.41, 5.74) is 0. The molecule has 1 aliphatic carbocycles. The summed E-state index contributed by atoms with van der Waals surface area (Å²) in [6.45, 7) is 6.62. The Morgan fingerprint density at radius 3 is 2.71 bits per heavy atom. The third-order valence-corrected chi connectivity index (χ3v) is 3.99. The maximum atomic E-state index is 5.24. The van der Waals surface area contributed by atoms with Crippen molar-refractivity contribution in [1.82, 2.24) is 10.6 Å². The van der Waals surface area contributed by atoms with Crippen LogP contribution in [0.5, 0.6) is 0 Å². The fraction of sp³-hybridized carbons (Fsp3) is 0.929. The van der Waals surface area contributed by atoms with Crippen molar-refractivity contribution in [2.24, 2.45) is 11.8 Å². The first-order valence-corrected chi connectivity index (χ1v) is 7.65. The molecule has 0 spiro atoms. The number of thiocarbonyl (C=S) groups is 1. The molecule has 1 rings (SSSR count). The van der Waals surface area contributed by atoms with Crippen LogP contribution in [0.3, 0.4) is 0 Å². The predicted molar refractivity (Wildman–Crippen MR) is 79.3 cm³/mol. The van der Waals surface area contributed by atoms with Gasteiger partial charge in [0, 0.05) is 13.1 Å². The topological polar surface area (TPSA) is 24.1 Å². The number of unbranched alkanes of at least 4 members (excludes halogenated alkanes) is 1. The van der Waals surface area contributed by atoms with E-state index < -0.39 is 0 Å². The summed E-state index contributed by atoms with van der Waals surface area (Å²) in [6.07, 6.45) is 9.38. The lowest BCUT2D eigenvalue weighted by atomic mass is 9.81. The minimum Gasteiger partial charge on any atom is -0.363 e. The first-order valence-electron chi connectivity index (χ1n) is 7.24. The highest BCUT2D eigenvalue weighted by atomic mass is 32.1. The van der Waals surface area contributed by atoms with Crippen molar-refractivity contribution in [3.05, 3.63) is 0 Å². The van der Waals surface area contributed by atoms with Crippen molar-refractivity contribution in [3.63, 3.8) is 0 Å². The van der Waals surface area contributed by atoms with Gasteiger partial charge in [0.1, 0.15) is 0 Å². The monoisotopic (exact) mass is 256 g/mol. The fourth-order valence-electron chi connectivity index (χ4n) is 2.65. The van der Waals surface area contributed by atoms with Crippen LogP contribution in [0.25, 0.3) is 0 Å². The standard InChI is InChI=1S/C14H28N2S/c1-3-4-9-15-14(17)16-10-8-13-7-5-6-12(2)11-13/h12-13H,3-11H2,1-2H3,(H2,15,16,17). The molecular weight excluding hydrogens is 228 g/mol. The molecule has 0 saturated heterocycles. The quantitative estimate of drug-likeness (QED) is 0.562. The second kappa shape index (κ2) is 8.73. The summed E-state index contributed by atoms with van der Waals surface area (Å²) in [5.74, 6) is 1.85. The molecule has 0 aromatic carbocycles. The summed E-state index contributed by atoms with van der Waals surface area (Å²) in [4.78, 5) is 0. The Balaban J connectivity index is 2.00. The summed E-state index contributed by atoms with van der Waals surface area (Å²) < 4.78 is 0. The number of rotatable bonds is 6. The van der Waals surface area contributed by atoms with Crippen LogP contribution in [-0.2, 0) is 0 Å². The van der Waals surface area contributed by atoms with Crippen LogP contribution in [0.4, 0.5) is 0 Å². The Morgan fingerprint density at radius 2 is 2.00 bits per heavy atom. The van der Waals surface area contributed by atoms with E-state index in [0.717, 1.165) is 30.0 Å². The minimum atomic E-state index is 0.835. The van der Waals surface area contributed by atoms with Crippen molar-refractivity contribution in [3.8, 4) is 0 Å². The molecule has 0 aromatic rings. The predicted octanol–water partition coefficient (Wildman–Crippen LogP) is 3.47. The van der Waals surface area contributed by atoms with Crippen LogP contribution in [-0.4, -0.2) is 18.2 Å². The van der Waals surface area contributed by atoms with Gasteiger partial charge in [-0.2, -0.15) is 0 Å². The molecule has 2 nitrogen and oxygen atoms in total. The van der Waals surface area contributed by atoms with Crippen molar-refractivity contribution in [2.45, 2.75) is 58.8 Å². The van der Waals surface area contributed by atoms with Crippen LogP contribution >= 0.6 is 12.2 Å². The van der Waals surface area contributed by atoms with Crippen molar-refractivity contribution in [1.29, 1.82) is 0 Å². The molecule has 1 fully saturated rings. The number of hydrogen-bond acceptors (Lipinski definition) is 1. The zero-order chi connectivity index (χ0) is 12.5. The SMILES string of the molecule is CCCCNC(=S)NCCC1CCCC(C)C1. The van der Waals surface area contributed by atoms with Crippen LogP contribution in [0.2, 0.25) is 0 Å². The van der Waals surface area contributed by atoms with Crippen LogP contribution < -0.4 is 10.6 Å². The lowest BCUT2D eigenvalue weighted by Gasteiger charge is -2.26. The van der Waals surface area contributed by atoms with Gasteiger partial charge in [0.25, 0.3) is 0 Å². The van der Waals surface area contributed by atoms with Crippen molar-refractivity contribution >= 4 is 17.3 Å². The molecule has 0 aromatic heterocycles. The highest BCUT2D eigenvalue weighted by Crippen LogP contribution is 2.30. The van der Waals surface area contributed by atoms with Crippen LogP contribution in [0.15, 0.2) is 0 Å². The van der Waals surface area contributed by atoms with Gasteiger partial charge in [-0.25, -0.2) is 0 Å². The Bertz CT molecular complexity index is 218. The molecule has 2 atom stereocenters. The first-order chi connectivity index (χ1) is 8.22. The molecule has 2 N–H and O–H groups in total. The van der Waals surface area contributed by atoms with Gasteiger partial charge in [-0.05, 0) is 43.3 Å². The third-order valence-electron chi connectivity index (χ3n) is 3.70. The zero-order valence-corrected chi connectivity index (χ0v) is 12.2. The first kappa shape index (κ1) is 14.7. The fourth-order valence-corrected chi connectivity index (χ4v) is 2.86. The normalized spacial score (nSPS) is 24.4. The van der Waals surface area contributed by atoms with Crippen LogP contribution in [0.1, 0.15) is 58.8 Å². The van der Waals surface area contributed by atoms with Gasteiger partial charge in [-0.3, -0.25) is 0 Å². The van der Waals surface area contributed by atoms with Crippen LogP contribution in [0, 0.1) is 11.8 Å². The molecule has 0 heterocycles. The average Bonchev–Trinajstić information content (AvgIpc) is 2.29. The summed E-state index contributed by atoms with van der Waals surface area (Å²) in [6, 6.07) is 0. The average molecular weight is 256 g/mol. The van der Waals surface area contributed by atoms with E-state index >= 15 is 0 Å². The van der Waals surface area contributed by atoms with Gasteiger partial charge in [-0.15, -0.1) is 0 Å². The maximum absolute atomic E-state index is 5.24. The molecule has 0 radical (unpaired) electrons. The molecule has 2 unspecified atom stereocenters. The summed E-state index contributed by atoms with van der Waals surface area (Å²) >= 11 is 5.24. The van der Waals surface area contributed by atoms with Crippen molar-refractivity contribution < 1.29 is 0 Å². The second-order valence-electron chi connectivity index (χ2n) is 5.46. The molecule has 0 bridgehead atoms. The van der Waals surface area contributed by atoms with Crippen molar-refractivity contribution in [2.75, 3.05) is 13.1 Å². The Labute approximate surface area is 112 Å². The molecule has 1 saturated carbocycles. The van der Waals surface area contributed by atoms with E-state index in [2.05, 4.69) is 24.5 Å². The highest BCUT2D eigenvalue weighted by Gasteiger charge is 2.18. The molecule has 3 heteroatoms. The van der Waals surface area contributed by atoms with E-state index in [9.17, 15) is 0 Å². The number of hydrogen-bond donors (Lipinski definition) is 2. The van der Waals surface area contributed by atoms with E-state index in [1.165, 1.54) is 44.9 Å². The van der Waals surface area contributed by atoms with E-state index in [1.54, 1.807) is 0 Å². The third kappa shape index (κ3) is 6.87. The lowest BCUT2D eigenvalue weighted by Crippen LogP contribution is -2.37. The van der Waals surface area contributed by atoms with E-state index in [0.29, 0.717) is 0 Å². The van der Waals surface area contributed by atoms with Gasteiger partial charge in [0.2, 0.25) is 0 Å². The van der Waals surface area contributed by atoms with Gasteiger partial charge in [0.05, 0.1) is 0 Å². The Morgan fingerprint density at radius 1 is 1.24 bits per heavy atom. The second-order valence-corrected chi connectivity index (χ2v) is 5.87. The molecule has 0 amide bonds. The van der Waals surface area contributed by atoms with E-state index in [4.69, 9.17) is 12.2 Å². The largest absolute Gasteiger partial charge is 0.363 e.